The van der Waals surface area contributed by atoms with Gasteiger partial charge in [0.25, 0.3) is 0 Å². The molecule has 5 nitrogen and oxygen atoms in total. The second kappa shape index (κ2) is 8.22. The Labute approximate surface area is 135 Å². The number of rotatable bonds is 4. The van der Waals surface area contributed by atoms with Crippen molar-refractivity contribution in [1.29, 1.82) is 0 Å². The van der Waals surface area contributed by atoms with Gasteiger partial charge in [-0.15, -0.1) is 12.4 Å². The van der Waals surface area contributed by atoms with Gasteiger partial charge in [-0.2, -0.15) is 0 Å². The number of carbonyl (C=O) groups is 2. The summed E-state index contributed by atoms with van der Waals surface area (Å²) in [5, 5.41) is 3.48. The second-order valence-electron chi connectivity index (χ2n) is 4.80. The summed E-state index contributed by atoms with van der Waals surface area (Å²) >= 11 is 5.89. The van der Waals surface area contributed by atoms with Crippen molar-refractivity contribution in [3.05, 3.63) is 34.9 Å². The highest BCUT2D eigenvalue weighted by atomic mass is 35.5. The van der Waals surface area contributed by atoms with E-state index in [9.17, 15) is 9.59 Å². The quantitative estimate of drug-likeness (QED) is 0.873. The van der Waals surface area contributed by atoms with Gasteiger partial charge in [0.05, 0.1) is 6.54 Å². The van der Waals surface area contributed by atoms with E-state index < -0.39 is 6.04 Å². The van der Waals surface area contributed by atoms with Crippen molar-refractivity contribution in [2.45, 2.75) is 25.4 Å². The first kappa shape index (κ1) is 17.8. The zero-order valence-electron chi connectivity index (χ0n) is 11.5. The van der Waals surface area contributed by atoms with E-state index in [1.807, 2.05) is 12.1 Å². The summed E-state index contributed by atoms with van der Waals surface area (Å²) in [6.07, 6.45) is 1.52. The lowest BCUT2D eigenvalue weighted by Gasteiger charge is -2.23. The molecular formula is C14H19Cl2N3O2. The SMILES string of the molecule is Cl.NCC(=O)N1CCC[C@H]1C(=O)NCc1cccc(Cl)c1. The standard InChI is InChI=1S/C14H18ClN3O2.ClH/c15-11-4-1-3-10(7-11)9-17-14(20)12-5-2-6-18(12)13(19)8-16;/h1,3-4,7,12H,2,5-6,8-9,16H2,(H,17,20);1H/t12-;/m0./s1. The number of carbonyl (C=O) groups excluding carboxylic acids is 2. The van der Waals surface area contributed by atoms with Crippen molar-refractivity contribution in [3.8, 4) is 0 Å². The number of hydrogen-bond acceptors (Lipinski definition) is 3. The van der Waals surface area contributed by atoms with Gasteiger partial charge in [-0.3, -0.25) is 9.59 Å². The van der Waals surface area contributed by atoms with Crippen LogP contribution in [-0.2, 0) is 16.1 Å². The van der Waals surface area contributed by atoms with Gasteiger partial charge in [-0.25, -0.2) is 0 Å². The predicted octanol–water partition coefficient (Wildman–Crippen LogP) is 1.33. The van der Waals surface area contributed by atoms with Crippen molar-refractivity contribution in [2.75, 3.05) is 13.1 Å². The van der Waals surface area contributed by atoms with E-state index >= 15 is 0 Å². The summed E-state index contributed by atoms with van der Waals surface area (Å²) in [5.74, 6) is -0.310. The Bertz CT molecular complexity index is 511. The average molecular weight is 332 g/mol. The van der Waals surface area contributed by atoms with Crippen LogP contribution in [0.5, 0.6) is 0 Å². The fraction of sp³-hybridized carbons (Fsp3) is 0.429. The first-order chi connectivity index (χ1) is 9.61. The predicted molar refractivity (Wildman–Crippen MR) is 84.3 cm³/mol. The van der Waals surface area contributed by atoms with Crippen LogP contribution in [0.15, 0.2) is 24.3 Å². The van der Waals surface area contributed by atoms with Crippen LogP contribution in [0.4, 0.5) is 0 Å². The maximum Gasteiger partial charge on any atom is 0.243 e. The molecule has 0 saturated carbocycles. The number of nitrogens with two attached hydrogens (primary N) is 1. The van der Waals surface area contributed by atoms with E-state index in [2.05, 4.69) is 5.32 Å². The van der Waals surface area contributed by atoms with Crippen LogP contribution in [0.3, 0.4) is 0 Å². The number of hydrogen-bond donors (Lipinski definition) is 2. The Kier molecular flexibility index (Phi) is 6.95. The van der Waals surface area contributed by atoms with Crippen molar-refractivity contribution in [1.82, 2.24) is 10.2 Å². The van der Waals surface area contributed by atoms with Crippen molar-refractivity contribution in [2.24, 2.45) is 5.73 Å². The molecule has 0 spiro atoms. The number of likely N-dealkylation sites (tertiary alicyclic amines) is 1. The molecule has 1 aliphatic rings. The molecule has 116 valence electrons. The van der Waals surface area contributed by atoms with Crippen LogP contribution in [-0.4, -0.2) is 35.8 Å². The summed E-state index contributed by atoms with van der Waals surface area (Å²) in [4.78, 5) is 25.4. The molecule has 0 bridgehead atoms. The van der Waals surface area contributed by atoms with E-state index in [1.54, 1.807) is 17.0 Å². The summed E-state index contributed by atoms with van der Waals surface area (Å²) in [5.41, 5.74) is 6.29. The van der Waals surface area contributed by atoms with Crippen LogP contribution in [0.2, 0.25) is 5.02 Å². The minimum absolute atomic E-state index is 0. The minimum Gasteiger partial charge on any atom is -0.350 e. The lowest BCUT2D eigenvalue weighted by molar-refractivity contribution is -0.137. The largest absolute Gasteiger partial charge is 0.350 e. The number of halogens is 2. The third-order valence-electron chi connectivity index (χ3n) is 3.41. The second-order valence-corrected chi connectivity index (χ2v) is 5.23. The lowest BCUT2D eigenvalue weighted by atomic mass is 10.2. The number of nitrogens with zero attached hydrogens (tertiary/aromatic N) is 1. The fourth-order valence-electron chi connectivity index (χ4n) is 2.41. The van der Waals surface area contributed by atoms with Gasteiger partial charge in [0, 0.05) is 18.1 Å². The first-order valence-electron chi connectivity index (χ1n) is 6.63. The van der Waals surface area contributed by atoms with Crippen LogP contribution >= 0.6 is 24.0 Å². The Morgan fingerprint density at radius 2 is 2.19 bits per heavy atom. The topological polar surface area (TPSA) is 75.4 Å². The van der Waals surface area contributed by atoms with E-state index in [4.69, 9.17) is 17.3 Å². The molecule has 2 rings (SSSR count). The molecule has 1 aliphatic heterocycles. The lowest BCUT2D eigenvalue weighted by Crippen LogP contribution is -2.47. The third kappa shape index (κ3) is 4.59. The molecule has 21 heavy (non-hydrogen) atoms. The van der Waals surface area contributed by atoms with Crippen molar-refractivity contribution >= 4 is 35.8 Å². The Morgan fingerprint density at radius 1 is 1.43 bits per heavy atom. The molecule has 1 fully saturated rings. The fourth-order valence-corrected chi connectivity index (χ4v) is 2.62. The Morgan fingerprint density at radius 3 is 2.86 bits per heavy atom. The molecule has 0 aromatic heterocycles. The molecule has 0 unspecified atom stereocenters. The molecule has 2 amide bonds. The van der Waals surface area contributed by atoms with E-state index in [0.717, 1.165) is 12.0 Å². The van der Waals surface area contributed by atoms with E-state index in [-0.39, 0.29) is 30.8 Å². The van der Waals surface area contributed by atoms with Gasteiger partial charge in [0.15, 0.2) is 0 Å². The maximum atomic E-state index is 12.2. The number of amides is 2. The Hall–Kier alpha value is -1.30. The molecule has 1 atom stereocenters. The highest BCUT2D eigenvalue weighted by Gasteiger charge is 2.33. The van der Waals surface area contributed by atoms with Crippen LogP contribution in [0.25, 0.3) is 0 Å². The molecule has 7 heteroatoms. The van der Waals surface area contributed by atoms with Crippen LogP contribution in [0.1, 0.15) is 18.4 Å². The average Bonchev–Trinajstić information content (AvgIpc) is 2.93. The molecule has 1 aromatic rings. The minimum atomic E-state index is -0.398. The third-order valence-corrected chi connectivity index (χ3v) is 3.64. The van der Waals surface area contributed by atoms with Gasteiger partial charge in [-0.05, 0) is 30.5 Å². The van der Waals surface area contributed by atoms with Crippen molar-refractivity contribution in [3.63, 3.8) is 0 Å². The summed E-state index contributed by atoms with van der Waals surface area (Å²) in [7, 11) is 0. The summed E-state index contributed by atoms with van der Waals surface area (Å²) < 4.78 is 0. The molecule has 1 heterocycles. The summed E-state index contributed by atoms with van der Waals surface area (Å²) in [6.45, 7) is 0.948. The van der Waals surface area contributed by atoms with Crippen LogP contribution < -0.4 is 11.1 Å². The molecule has 0 radical (unpaired) electrons. The first-order valence-corrected chi connectivity index (χ1v) is 7.01. The van der Waals surface area contributed by atoms with E-state index in [1.165, 1.54) is 0 Å². The number of nitrogens with one attached hydrogen (secondary N) is 1. The van der Waals surface area contributed by atoms with Crippen molar-refractivity contribution < 1.29 is 9.59 Å². The summed E-state index contributed by atoms with van der Waals surface area (Å²) in [6, 6.07) is 6.92. The zero-order chi connectivity index (χ0) is 14.5. The maximum absolute atomic E-state index is 12.2. The molecule has 1 aromatic carbocycles. The highest BCUT2D eigenvalue weighted by molar-refractivity contribution is 6.30. The molecular weight excluding hydrogens is 313 g/mol. The molecule has 0 aliphatic carbocycles. The zero-order valence-corrected chi connectivity index (χ0v) is 13.1. The highest BCUT2D eigenvalue weighted by Crippen LogP contribution is 2.17. The van der Waals surface area contributed by atoms with Gasteiger partial charge in [-0.1, -0.05) is 23.7 Å². The van der Waals surface area contributed by atoms with Gasteiger partial charge >= 0.3 is 0 Å². The number of benzene rings is 1. The van der Waals surface area contributed by atoms with Gasteiger partial charge in [0.1, 0.15) is 6.04 Å². The smallest absolute Gasteiger partial charge is 0.243 e. The van der Waals surface area contributed by atoms with Crippen LogP contribution in [0, 0.1) is 0 Å². The molecule has 1 saturated heterocycles. The van der Waals surface area contributed by atoms with E-state index in [0.29, 0.717) is 24.5 Å². The van der Waals surface area contributed by atoms with Gasteiger partial charge in [0.2, 0.25) is 11.8 Å². The monoisotopic (exact) mass is 331 g/mol. The Balaban J connectivity index is 0.00000220. The van der Waals surface area contributed by atoms with Gasteiger partial charge < -0.3 is 16.0 Å². The molecule has 3 N–H and O–H groups in total. The normalized spacial score (nSPS) is 17.2.